The molecule has 0 saturated carbocycles. The number of aryl methyl sites for hydroxylation is 4. The standard InChI is InChI=1S/C15H18N2S/c1-10-4-5-13(8-11(10)2)14-9-12(3)16-15(17-14)6-7-18/h4-5,8-9,18H,6-7H2,1-3H3. The van der Waals surface area contributed by atoms with Crippen LogP contribution in [0.4, 0.5) is 0 Å². The Hall–Kier alpha value is -1.35. The van der Waals surface area contributed by atoms with E-state index in [0.29, 0.717) is 0 Å². The first-order valence-corrected chi connectivity index (χ1v) is 6.76. The highest BCUT2D eigenvalue weighted by molar-refractivity contribution is 7.80. The van der Waals surface area contributed by atoms with Gasteiger partial charge in [-0.3, -0.25) is 0 Å². The lowest BCUT2D eigenvalue weighted by molar-refractivity contribution is 0.930. The molecule has 2 nitrogen and oxygen atoms in total. The summed E-state index contributed by atoms with van der Waals surface area (Å²) in [5.74, 6) is 1.65. The second-order valence-electron chi connectivity index (χ2n) is 4.58. The molecule has 94 valence electrons. The van der Waals surface area contributed by atoms with Gasteiger partial charge in [-0.25, -0.2) is 9.97 Å². The second-order valence-corrected chi connectivity index (χ2v) is 5.03. The smallest absolute Gasteiger partial charge is 0.130 e. The van der Waals surface area contributed by atoms with E-state index in [9.17, 15) is 0 Å². The van der Waals surface area contributed by atoms with Crippen molar-refractivity contribution in [2.75, 3.05) is 5.75 Å². The lowest BCUT2D eigenvalue weighted by Crippen LogP contribution is -2.00. The van der Waals surface area contributed by atoms with Gasteiger partial charge in [-0.2, -0.15) is 12.6 Å². The Morgan fingerprint density at radius 3 is 2.44 bits per heavy atom. The summed E-state index contributed by atoms with van der Waals surface area (Å²) >= 11 is 4.24. The SMILES string of the molecule is Cc1cc(-c2ccc(C)c(C)c2)nc(CCS)n1. The summed E-state index contributed by atoms with van der Waals surface area (Å²) in [5, 5.41) is 0. The number of hydrogen-bond donors (Lipinski definition) is 1. The van der Waals surface area contributed by atoms with E-state index >= 15 is 0 Å². The van der Waals surface area contributed by atoms with Gasteiger partial charge in [-0.1, -0.05) is 12.1 Å². The molecule has 0 bridgehead atoms. The fourth-order valence-corrected chi connectivity index (χ4v) is 2.09. The lowest BCUT2D eigenvalue weighted by Gasteiger charge is -2.07. The third kappa shape index (κ3) is 2.91. The van der Waals surface area contributed by atoms with Gasteiger partial charge in [0.05, 0.1) is 5.69 Å². The van der Waals surface area contributed by atoms with E-state index in [1.807, 2.05) is 13.0 Å². The largest absolute Gasteiger partial charge is 0.238 e. The van der Waals surface area contributed by atoms with Gasteiger partial charge in [0.1, 0.15) is 5.82 Å². The predicted octanol–water partition coefficient (Wildman–Crippen LogP) is 3.54. The van der Waals surface area contributed by atoms with Crippen molar-refractivity contribution >= 4 is 12.6 Å². The summed E-state index contributed by atoms with van der Waals surface area (Å²) in [7, 11) is 0. The topological polar surface area (TPSA) is 25.8 Å². The Morgan fingerprint density at radius 1 is 1.00 bits per heavy atom. The van der Waals surface area contributed by atoms with Crippen LogP contribution in [-0.2, 0) is 6.42 Å². The molecule has 1 aromatic carbocycles. The van der Waals surface area contributed by atoms with Crippen LogP contribution in [0.1, 0.15) is 22.6 Å². The van der Waals surface area contributed by atoms with Crippen molar-refractivity contribution in [2.24, 2.45) is 0 Å². The maximum absolute atomic E-state index is 4.60. The van der Waals surface area contributed by atoms with E-state index in [-0.39, 0.29) is 0 Å². The quantitative estimate of drug-likeness (QED) is 0.852. The Kier molecular flexibility index (Phi) is 4.02. The van der Waals surface area contributed by atoms with Crippen LogP contribution < -0.4 is 0 Å². The summed E-state index contributed by atoms with van der Waals surface area (Å²) in [6.07, 6.45) is 0.808. The molecule has 2 aromatic rings. The third-order valence-electron chi connectivity index (χ3n) is 3.04. The molecule has 1 aromatic heterocycles. The molecule has 0 fully saturated rings. The van der Waals surface area contributed by atoms with Gasteiger partial charge < -0.3 is 0 Å². The van der Waals surface area contributed by atoms with Gasteiger partial charge >= 0.3 is 0 Å². The maximum atomic E-state index is 4.60. The number of hydrogen-bond acceptors (Lipinski definition) is 3. The van der Waals surface area contributed by atoms with Crippen molar-refractivity contribution in [3.8, 4) is 11.3 Å². The van der Waals surface area contributed by atoms with Gasteiger partial charge in [-0.05, 0) is 49.8 Å². The first-order valence-electron chi connectivity index (χ1n) is 6.13. The van der Waals surface area contributed by atoms with E-state index in [2.05, 4.69) is 54.6 Å². The minimum absolute atomic E-state index is 0.774. The molecule has 1 heterocycles. The minimum atomic E-state index is 0.774. The normalized spacial score (nSPS) is 10.7. The van der Waals surface area contributed by atoms with Gasteiger partial charge in [0.25, 0.3) is 0 Å². The number of nitrogens with zero attached hydrogens (tertiary/aromatic N) is 2. The van der Waals surface area contributed by atoms with E-state index in [0.717, 1.165) is 34.9 Å². The Morgan fingerprint density at radius 2 is 1.78 bits per heavy atom. The van der Waals surface area contributed by atoms with Gasteiger partial charge in [0, 0.05) is 17.7 Å². The van der Waals surface area contributed by atoms with Crippen molar-refractivity contribution in [3.63, 3.8) is 0 Å². The van der Waals surface area contributed by atoms with Gasteiger partial charge in [0.2, 0.25) is 0 Å². The Labute approximate surface area is 114 Å². The first kappa shape index (κ1) is 13.1. The average Bonchev–Trinajstić information content (AvgIpc) is 2.32. The molecule has 0 N–H and O–H groups in total. The van der Waals surface area contributed by atoms with Crippen LogP contribution in [0, 0.1) is 20.8 Å². The molecule has 0 spiro atoms. The summed E-state index contributed by atoms with van der Waals surface area (Å²) in [4.78, 5) is 9.03. The summed E-state index contributed by atoms with van der Waals surface area (Å²) in [6.45, 7) is 6.26. The van der Waals surface area contributed by atoms with Crippen LogP contribution in [0.2, 0.25) is 0 Å². The van der Waals surface area contributed by atoms with E-state index in [1.165, 1.54) is 11.1 Å². The van der Waals surface area contributed by atoms with Gasteiger partial charge in [-0.15, -0.1) is 0 Å². The molecule has 2 rings (SSSR count). The van der Waals surface area contributed by atoms with Crippen LogP contribution in [-0.4, -0.2) is 15.7 Å². The Balaban J connectivity index is 2.46. The van der Waals surface area contributed by atoms with Crippen molar-refractivity contribution in [2.45, 2.75) is 27.2 Å². The molecule has 0 amide bonds. The molecule has 0 radical (unpaired) electrons. The monoisotopic (exact) mass is 258 g/mol. The zero-order chi connectivity index (χ0) is 13.1. The van der Waals surface area contributed by atoms with E-state index in [4.69, 9.17) is 0 Å². The van der Waals surface area contributed by atoms with Crippen molar-refractivity contribution in [3.05, 3.63) is 46.9 Å². The number of rotatable bonds is 3. The highest BCUT2D eigenvalue weighted by Crippen LogP contribution is 2.21. The molecular weight excluding hydrogens is 240 g/mol. The summed E-state index contributed by atoms with van der Waals surface area (Å²) < 4.78 is 0. The van der Waals surface area contributed by atoms with Crippen LogP contribution in [0.5, 0.6) is 0 Å². The molecule has 0 aliphatic carbocycles. The minimum Gasteiger partial charge on any atom is -0.238 e. The number of benzene rings is 1. The lowest BCUT2D eigenvalue weighted by atomic mass is 10.0. The highest BCUT2D eigenvalue weighted by Gasteiger charge is 2.05. The zero-order valence-corrected chi connectivity index (χ0v) is 12.0. The van der Waals surface area contributed by atoms with Crippen LogP contribution in [0.15, 0.2) is 24.3 Å². The molecule has 18 heavy (non-hydrogen) atoms. The second kappa shape index (κ2) is 5.53. The molecule has 0 unspecified atom stereocenters. The number of thiol groups is 1. The molecular formula is C15H18N2S. The van der Waals surface area contributed by atoms with Crippen LogP contribution in [0.3, 0.4) is 0 Å². The van der Waals surface area contributed by atoms with Gasteiger partial charge in [0.15, 0.2) is 0 Å². The Bertz CT molecular complexity index is 564. The molecule has 0 saturated heterocycles. The average molecular weight is 258 g/mol. The predicted molar refractivity (Wildman–Crippen MR) is 79.2 cm³/mol. The van der Waals surface area contributed by atoms with E-state index in [1.54, 1.807) is 0 Å². The summed E-state index contributed by atoms with van der Waals surface area (Å²) in [5.41, 5.74) is 5.76. The fourth-order valence-electron chi connectivity index (χ4n) is 1.89. The molecule has 0 aliphatic rings. The number of aromatic nitrogens is 2. The fraction of sp³-hybridized carbons (Fsp3) is 0.333. The molecule has 0 atom stereocenters. The van der Waals surface area contributed by atoms with Crippen molar-refractivity contribution < 1.29 is 0 Å². The molecule has 0 aliphatic heterocycles. The third-order valence-corrected chi connectivity index (χ3v) is 3.26. The maximum Gasteiger partial charge on any atom is 0.130 e. The summed E-state index contributed by atoms with van der Waals surface area (Å²) in [6, 6.07) is 8.47. The van der Waals surface area contributed by atoms with Crippen LogP contribution in [0.25, 0.3) is 11.3 Å². The van der Waals surface area contributed by atoms with E-state index < -0.39 is 0 Å². The first-order chi connectivity index (χ1) is 8.60. The van der Waals surface area contributed by atoms with Crippen molar-refractivity contribution in [1.29, 1.82) is 0 Å². The van der Waals surface area contributed by atoms with Crippen molar-refractivity contribution in [1.82, 2.24) is 9.97 Å². The molecule has 3 heteroatoms. The highest BCUT2D eigenvalue weighted by atomic mass is 32.1. The van der Waals surface area contributed by atoms with Crippen LogP contribution >= 0.6 is 12.6 Å². The zero-order valence-electron chi connectivity index (χ0n) is 11.1.